The van der Waals surface area contributed by atoms with Crippen LogP contribution in [0, 0.1) is 0 Å². The van der Waals surface area contributed by atoms with E-state index in [-0.39, 0.29) is 0 Å². The lowest BCUT2D eigenvalue weighted by Gasteiger charge is -2.07. The van der Waals surface area contributed by atoms with Gasteiger partial charge in [-0.25, -0.2) is 0 Å². The van der Waals surface area contributed by atoms with Gasteiger partial charge in [-0.1, -0.05) is 25.6 Å². The molecule has 0 saturated heterocycles. The Hall–Kier alpha value is -1.82. The van der Waals surface area contributed by atoms with Crippen LogP contribution in [0.4, 0.5) is 0 Å². The average Bonchev–Trinajstić information content (AvgIpc) is 2.89. The maximum absolute atomic E-state index is 10.6. The Labute approximate surface area is 135 Å². The van der Waals surface area contributed by atoms with E-state index in [1.54, 1.807) is 23.9 Å². The quantitative estimate of drug-likeness (QED) is 0.424. The molecule has 0 radical (unpaired) electrons. The third-order valence-electron chi connectivity index (χ3n) is 3.19. The maximum Gasteiger partial charge on any atom is 0.190 e. The van der Waals surface area contributed by atoms with E-state index in [9.17, 15) is 4.79 Å². The van der Waals surface area contributed by atoms with Crippen molar-refractivity contribution in [2.45, 2.75) is 31.3 Å². The molecule has 1 heterocycles. The van der Waals surface area contributed by atoms with Crippen LogP contribution in [0.5, 0.6) is 5.75 Å². The van der Waals surface area contributed by atoms with E-state index in [0.717, 1.165) is 35.2 Å². The molecule has 1 aromatic heterocycles. The van der Waals surface area contributed by atoms with Crippen molar-refractivity contribution in [3.8, 4) is 5.75 Å². The molecule has 0 N–H and O–H groups in total. The van der Waals surface area contributed by atoms with Gasteiger partial charge < -0.3 is 9.30 Å². The van der Waals surface area contributed by atoms with E-state index >= 15 is 0 Å². The van der Waals surface area contributed by atoms with Crippen LogP contribution in [0.3, 0.4) is 0 Å². The monoisotopic (exact) mass is 319 g/mol. The third-order valence-corrected chi connectivity index (χ3v) is 4.30. The summed E-state index contributed by atoms with van der Waals surface area (Å²) in [6, 6.07) is 7.14. The highest BCUT2D eigenvalue weighted by molar-refractivity contribution is 7.99. The first-order valence-corrected chi connectivity index (χ1v) is 8.30. The van der Waals surface area contributed by atoms with Crippen molar-refractivity contribution in [2.75, 3.05) is 12.4 Å². The van der Waals surface area contributed by atoms with Gasteiger partial charge in [-0.15, -0.1) is 10.2 Å². The molecule has 0 saturated carbocycles. The molecule has 0 spiro atoms. The molecule has 0 aliphatic carbocycles. The van der Waals surface area contributed by atoms with Crippen LogP contribution in [0.2, 0.25) is 0 Å². The molecule has 2 rings (SSSR count). The van der Waals surface area contributed by atoms with Crippen LogP contribution in [0.1, 0.15) is 42.4 Å². The zero-order valence-electron chi connectivity index (χ0n) is 13.2. The fraction of sp³-hybridized carbons (Fsp3) is 0.438. The number of hydrogen-bond acceptors (Lipinski definition) is 5. The minimum atomic E-state index is 0.379. The second-order valence-corrected chi connectivity index (χ2v) is 6.35. The Bertz CT molecular complexity index is 608. The zero-order valence-corrected chi connectivity index (χ0v) is 14.0. The smallest absolute Gasteiger partial charge is 0.190 e. The lowest BCUT2D eigenvalue weighted by molar-refractivity contribution is 0.112. The van der Waals surface area contributed by atoms with Crippen molar-refractivity contribution >= 4 is 18.0 Å². The molecule has 118 valence electrons. The Kier molecular flexibility index (Phi) is 6.00. The number of carbonyl (C=O) groups is 1. The molecule has 0 atom stereocenters. The molecule has 0 fully saturated rings. The largest absolute Gasteiger partial charge is 0.494 e. The van der Waals surface area contributed by atoms with E-state index in [0.29, 0.717) is 18.1 Å². The van der Waals surface area contributed by atoms with Crippen molar-refractivity contribution in [1.82, 2.24) is 14.8 Å². The van der Waals surface area contributed by atoms with Gasteiger partial charge in [0.25, 0.3) is 0 Å². The van der Waals surface area contributed by atoms with Crippen LogP contribution < -0.4 is 4.74 Å². The first-order valence-electron chi connectivity index (χ1n) is 7.32. The van der Waals surface area contributed by atoms with Gasteiger partial charge in [0, 0.05) is 24.3 Å². The number of aldehydes is 1. The molecule has 1 aromatic carbocycles. The van der Waals surface area contributed by atoms with Gasteiger partial charge in [0.05, 0.1) is 6.61 Å². The molecule has 6 heteroatoms. The summed E-state index contributed by atoms with van der Waals surface area (Å²) in [5, 5.41) is 9.37. The average molecular weight is 319 g/mol. The molecule has 0 aliphatic heterocycles. The Morgan fingerprint density at radius 1 is 1.27 bits per heavy atom. The number of nitrogens with zero attached hydrogens (tertiary/aromatic N) is 3. The van der Waals surface area contributed by atoms with Crippen LogP contribution in [-0.4, -0.2) is 33.4 Å². The second kappa shape index (κ2) is 7.98. The minimum absolute atomic E-state index is 0.379. The topological polar surface area (TPSA) is 57.0 Å². The van der Waals surface area contributed by atoms with Crippen molar-refractivity contribution in [1.29, 1.82) is 0 Å². The van der Waals surface area contributed by atoms with Crippen molar-refractivity contribution in [3.63, 3.8) is 0 Å². The van der Waals surface area contributed by atoms with Gasteiger partial charge in [0.2, 0.25) is 0 Å². The lowest BCUT2D eigenvalue weighted by Crippen LogP contribution is -2.02. The fourth-order valence-electron chi connectivity index (χ4n) is 2.01. The first kappa shape index (κ1) is 16.5. The highest BCUT2D eigenvalue weighted by Gasteiger charge is 2.11. The second-order valence-electron chi connectivity index (χ2n) is 5.29. The molecule has 5 nitrogen and oxygen atoms in total. The molecular formula is C16H21N3O2S. The molecule has 0 aliphatic rings. The summed E-state index contributed by atoms with van der Waals surface area (Å²) in [5.41, 5.74) is 0.658. The minimum Gasteiger partial charge on any atom is -0.494 e. The SMILES string of the molecule is CC(C)c1nnc(SCCCOc2ccc(C=O)cc2)n1C. The van der Waals surface area contributed by atoms with Gasteiger partial charge in [-0.2, -0.15) is 0 Å². The van der Waals surface area contributed by atoms with Crippen LogP contribution in [-0.2, 0) is 7.05 Å². The predicted octanol–water partition coefficient (Wildman–Crippen LogP) is 3.31. The Morgan fingerprint density at radius 2 is 2.00 bits per heavy atom. The number of rotatable bonds is 8. The summed E-state index contributed by atoms with van der Waals surface area (Å²) in [6.45, 7) is 4.87. The number of thioether (sulfide) groups is 1. The predicted molar refractivity (Wildman–Crippen MR) is 87.8 cm³/mol. The highest BCUT2D eigenvalue weighted by Crippen LogP contribution is 2.20. The zero-order chi connectivity index (χ0) is 15.9. The summed E-state index contributed by atoms with van der Waals surface area (Å²) in [5.74, 6) is 3.10. The van der Waals surface area contributed by atoms with Crippen molar-refractivity contribution in [3.05, 3.63) is 35.7 Å². The van der Waals surface area contributed by atoms with Crippen molar-refractivity contribution in [2.24, 2.45) is 7.05 Å². The van der Waals surface area contributed by atoms with E-state index in [1.165, 1.54) is 0 Å². The standard InChI is InChI=1S/C16H21N3O2S/c1-12(2)15-17-18-16(19(15)3)22-10-4-9-21-14-7-5-13(11-20)6-8-14/h5-8,11-12H,4,9-10H2,1-3H3. The summed E-state index contributed by atoms with van der Waals surface area (Å²) >= 11 is 1.69. The summed E-state index contributed by atoms with van der Waals surface area (Å²) < 4.78 is 7.69. The van der Waals surface area contributed by atoms with Crippen LogP contribution in [0.25, 0.3) is 0 Å². The van der Waals surface area contributed by atoms with Crippen LogP contribution >= 0.6 is 11.8 Å². The van der Waals surface area contributed by atoms with E-state index in [1.807, 2.05) is 23.7 Å². The third kappa shape index (κ3) is 4.34. The number of aromatic nitrogens is 3. The number of carbonyl (C=O) groups excluding carboxylic acids is 1. The Balaban J connectivity index is 1.72. The highest BCUT2D eigenvalue weighted by atomic mass is 32.2. The molecule has 0 amide bonds. The number of ether oxygens (including phenoxy) is 1. The molecular weight excluding hydrogens is 298 g/mol. The van der Waals surface area contributed by atoms with Gasteiger partial charge >= 0.3 is 0 Å². The molecule has 0 unspecified atom stereocenters. The number of hydrogen-bond donors (Lipinski definition) is 0. The van der Waals surface area contributed by atoms with Gasteiger partial charge in [0.1, 0.15) is 17.9 Å². The van der Waals surface area contributed by atoms with E-state index in [4.69, 9.17) is 4.74 Å². The summed E-state index contributed by atoms with van der Waals surface area (Å²) in [6.07, 6.45) is 1.75. The number of benzene rings is 1. The maximum atomic E-state index is 10.6. The Morgan fingerprint density at radius 3 is 2.59 bits per heavy atom. The summed E-state index contributed by atoms with van der Waals surface area (Å²) in [7, 11) is 2.00. The van der Waals surface area contributed by atoms with Crippen molar-refractivity contribution < 1.29 is 9.53 Å². The lowest BCUT2D eigenvalue weighted by atomic mass is 10.2. The molecule has 22 heavy (non-hydrogen) atoms. The normalized spacial score (nSPS) is 10.9. The fourth-order valence-corrected chi connectivity index (χ4v) is 2.84. The summed E-state index contributed by atoms with van der Waals surface area (Å²) in [4.78, 5) is 10.6. The van der Waals surface area contributed by atoms with E-state index < -0.39 is 0 Å². The first-order chi connectivity index (χ1) is 10.6. The molecule has 2 aromatic rings. The molecule has 0 bridgehead atoms. The van der Waals surface area contributed by atoms with Crippen LogP contribution in [0.15, 0.2) is 29.4 Å². The van der Waals surface area contributed by atoms with E-state index in [2.05, 4.69) is 24.0 Å². The van der Waals surface area contributed by atoms with Gasteiger partial charge in [-0.05, 0) is 30.7 Å². The van der Waals surface area contributed by atoms with Gasteiger partial charge in [0.15, 0.2) is 5.16 Å². The van der Waals surface area contributed by atoms with Gasteiger partial charge in [-0.3, -0.25) is 4.79 Å².